The Morgan fingerprint density at radius 3 is 2.76 bits per heavy atom. The smallest absolute Gasteiger partial charge is 0.244 e. The second-order valence-electron chi connectivity index (χ2n) is 4.60. The van der Waals surface area contributed by atoms with Crippen LogP contribution in [-0.2, 0) is 14.8 Å². The fourth-order valence-corrected chi connectivity index (χ4v) is 2.90. The molecule has 4 N–H and O–H groups in total. The van der Waals surface area contributed by atoms with Crippen LogP contribution in [0.5, 0.6) is 0 Å². The monoisotopic (exact) mass is 314 g/mol. The van der Waals surface area contributed by atoms with Crippen molar-refractivity contribution in [3.05, 3.63) is 18.3 Å². The summed E-state index contributed by atoms with van der Waals surface area (Å²) >= 11 is 0. The zero-order chi connectivity index (χ0) is 15.7. The number of anilines is 1. The third-order valence-corrected chi connectivity index (χ3v) is 4.24. The average Bonchev–Trinajstić information content (AvgIpc) is 2.44. The van der Waals surface area contributed by atoms with E-state index in [4.69, 9.17) is 5.73 Å². The first kappa shape index (κ1) is 17.4. The van der Waals surface area contributed by atoms with E-state index in [0.29, 0.717) is 25.2 Å². The van der Waals surface area contributed by atoms with Crippen molar-refractivity contribution in [3.63, 3.8) is 0 Å². The maximum Gasteiger partial charge on any atom is 0.244 e. The summed E-state index contributed by atoms with van der Waals surface area (Å²) in [7, 11) is -3.61. The number of sulfonamides is 1. The van der Waals surface area contributed by atoms with E-state index in [2.05, 4.69) is 15.0 Å². The zero-order valence-electron chi connectivity index (χ0n) is 12.1. The van der Waals surface area contributed by atoms with Gasteiger partial charge in [0.1, 0.15) is 10.7 Å². The second-order valence-corrected chi connectivity index (χ2v) is 6.33. The maximum absolute atomic E-state index is 12.2. The van der Waals surface area contributed by atoms with Crippen LogP contribution in [0.4, 0.5) is 5.82 Å². The molecule has 1 heterocycles. The summed E-state index contributed by atoms with van der Waals surface area (Å²) in [6.45, 7) is 2.90. The first-order valence-corrected chi connectivity index (χ1v) is 8.42. The molecule has 0 saturated carbocycles. The first-order valence-electron chi connectivity index (χ1n) is 6.94. The molecule has 0 bridgehead atoms. The van der Waals surface area contributed by atoms with E-state index in [0.717, 1.165) is 6.42 Å². The Bertz CT molecular complexity index is 560. The number of nitrogens with one attached hydrogen (secondary N) is 2. The topological polar surface area (TPSA) is 114 Å². The van der Waals surface area contributed by atoms with Crippen molar-refractivity contribution in [2.75, 3.05) is 18.4 Å². The van der Waals surface area contributed by atoms with Crippen molar-refractivity contribution in [3.8, 4) is 0 Å². The number of hydrogen-bond acceptors (Lipinski definition) is 5. The van der Waals surface area contributed by atoms with Crippen molar-refractivity contribution in [1.82, 2.24) is 9.71 Å². The van der Waals surface area contributed by atoms with Crippen LogP contribution in [0.15, 0.2) is 23.2 Å². The molecule has 1 aromatic heterocycles. The van der Waals surface area contributed by atoms with E-state index < -0.39 is 10.0 Å². The van der Waals surface area contributed by atoms with Gasteiger partial charge in [-0.15, -0.1) is 0 Å². The van der Waals surface area contributed by atoms with E-state index in [1.165, 1.54) is 6.07 Å². The summed E-state index contributed by atoms with van der Waals surface area (Å²) in [5, 5.41) is 2.99. The summed E-state index contributed by atoms with van der Waals surface area (Å²) in [5.74, 6) is -0.0276. The van der Waals surface area contributed by atoms with E-state index in [1.54, 1.807) is 12.3 Å². The minimum Gasteiger partial charge on any atom is -0.370 e. The summed E-state index contributed by atoms with van der Waals surface area (Å²) in [6, 6.07) is 3.09. The molecule has 21 heavy (non-hydrogen) atoms. The normalized spacial score (nSPS) is 11.3. The first-order chi connectivity index (χ1) is 9.97. The molecule has 0 unspecified atom stereocenters. The summed E-state index contributed by atoms with van der Waals surface area (Å²) in [6.07, 6.45) is 3.80. The van der Waals surface area contributed by atoms with Gasteiger partial charge in [0.15, 0.2) is 0 Å². The Morgan fingerprint density at radius 1 is 1.33 bits per heavy atom. The zero-order valence-corrected chi connectivity index (χ0v) is 12.9. The largest absolute Gasteiger partial charge is 0.370 e. The fourth-order valence-electron chi connectivity index (χ4n) is 1.69. The highest BCUT2D eigenvalue weighted by Crippen LogP contribution is 2.17. The van der Waals surface area contributed by atoms with Crippen LogP contribution in [0, 0.1) is 0 Å². The number of pyridine rings is 1. The van der Waals surface area contributed by atoms with Crippen molar-refractivity contribution in [2.45, 2.75) is 37.5 Å². The SMILES string of the molecule is CCCNc1ncccc1S(=O)(=O)NCCCCC(N)=O. The molecule has 0 atom stereocenters. The molecule has 1 rings (SSSR count). The van der Waals surface area contributed by atoms with Crippen molar-refractivity contribution in [1.29, 1.82) is 0 Å². The molecule has 118 valence electrons. The average molecular weight is 314 g/mol. The molecule has 0 fully saturated rings. The summed E-state index contributed by atoms with van der Waals surface area (Å²) in [5.41, 5.74) is 5.02. The molecule has 7 nitrogen and oxygen atoms in total. The van der Waals surface area contributed by atoms with Crippen LogP contribution >= 0.6 is 0 Å². The molecule has 0 aromatic carbocycles. The second kappa shape index (κ2) is 8.58. The van der Waals surface area contributed by atoms with Gasteiger partial charge in [-0.2, -0.15) is 0 Å². The molecule has 0 aliphatic rings. The summed E-state index contributed by atoms with van der Waals surface area (Å²) < 4.78 is 27.0. The van der Waals surface area contributed by atoms with E-state index >= 15 is 0 Å². The molecule has 8 heteroatoms. The number of nitrogens with two attached hydrogens (primary N) is 1. The number of carbonyl (C=O) groups excluding carboxylic acids is 1. The number of carbonyl (C=O) groups is 1. The molecular weight excluding hydrogens is 292 g/mol. The minimum atomic E-state index is -3.61. The minimum absolute atomic E-state index is 0.133. The van der Waals surface area contributed by atoms with Crippen molar-refractivity contribution in [2.24, 2.45) is 5.73 Å². The van der Waals surface area contributed by atoms with E-state index in [1.807, 2.05) is 6.92 Å². The van der Waals surface area contributed by atoms with Crippen LogP contribution in [0.25, 0.3) is 0 Å². The summed E-state index contributed by atoms with van der Waals surface area (Å²) in [4.78, 5) is 14.8. The van der Waals surface area contributed by atoms with Crippen LogP contribution in [0.3, 0.4) is 0 Å². The Balaban J connectivity index is 2.63. The van der Waals surface area contributed by atoms with Crippen molar-refractivity contribution >= 4 is 21.7 Å². The lowest BCUT2D eigenvalue weighted by molar-refractivity contribution is -0.118. The van der Waals surface area contributed by atoms with Crippen LogP contribution in [0.1, 0.15) is 32.6 Å². The van der Waals surface area contributed by atoms with E-state index in [9.17, 15) is 13.2 Å². The molecule has 1 amide bonds. The van der Waals surface area contributed by atoms with Gasteiger partial charge in [-0.05, 0) is 31.4 Å². The Morgan fingerprint density at radius 2 is 2.10 bits per heavy atom. The highest BCUT2D eigenvalue weighted by atomic mass is 32.2. The number of nitrogens with zero attached hydrogens (tertiary/aromatic N) is 1. The number of rotatable bonds is 10. The van der Waals surface area contributed by atoms with Gasteiger partial charge >= 0.3 is 0 Å². The van der Waals surface area contributed by atoms with Gasteiger partial charge in [0.25, 0.3) is 0 Å². The number of primary amides is 1. The Hall–Kier alpha value is -1.67. The van der Waals surface area contributed by atoms with Gasteiger partial charge in [0, 0.05) is 25.7 Å². The third-order valence-electron chi connectivity index (χ3n) is 2.74. The van der Waals surface area contributed by atoms with Gasteiger partial charge in [-0.25, -0.2) is 18.1 Å². The highest BCUT2D eigenvalue weighted by molar-refractivity contribution is 7.89. The predicted molar refractivity (Wildman–Crippen MR) is 81.3 cm³/mol. The highest BCUT2D eigenvalue weighted by Gasteiger charge is 2.18. The van der Waals surface area contributed by atoms with Crippen LogP contribution in [-0.4, -0.2) is 32.4 Å². The lowest BCUT2D eigenvalue weighted by Crippen LogP contribution is -2.26. The third kappa shape index (κ3) is 6.09. The van der Waals surface area contributed by atoms with Gasteiger partial charge < -0.3 is 11.1 Å². The number of aromatic nitrogens is 1. The predicted octanol–water partition coefficient (Wildman–Crippen LogP) is 0.837. The molecular formula is C13H22N4O3S. The molecule has 0 radical (unpaired) electrons. The lowest BCUT2D eigenvalue weighted by Gasteiger charge is -2.11. The molecule has 1 aromatic rings. The Labute approximate surface area is 125 Å². The number of unbranched alkanes of at least 4 members (excludes halogenated alkanes) is 1. The fraction of sp³-hybridized carbons (Fsp3) is 0.538. The van der Waals surface area contributed by atoms with Gasteiger partial charge in [0.05, 0.1) is 0 Å². The standard InChI is InChI=1S/C13H22N4O3S/c1-2-8-15-13-11(6-5-9-16-13)21(19,20)17-10-4-3-7-12(14)18/h5-6,9,17H,2-4,7-8,10H2,1H3,(H2,14,18)(H,15,16). The molecule has 0 saturated heterocycles. The number of hydrogen-bond donors (Lipinski definition) is 3. The molecule has 0 aliphatic carbocycles. The maximum atomic E-state index is 12.2. The van der Waals surface area contributed by atoms with Gasteiger partial charge in [0.2, 0.25) is 15.9 Å². The lowest BCUT2D eigenvalue weighted by atomic mass is 10.2. The van der Waals surface area contributed by atoms with Crippen LogP contribution in [0.2, 0.25) is 0 Å². The number of amides is 1. The van der Waals surface area contributed by atoms with Gasteiger partial charge in [-0.1, -0.05) is 6.92 Å². The van der Waals surface area contributed by atoms with E-state index in [-0.39, 0.29) is 23.8 Å². The molecule has 0 spiro atoms. The quantitative estimate of drug-likeness (QED) is 0.554. The van der Waals surface area contributed by atoms with Crippen molar-refractivity contribution < 1.29 is 13.2 Å². The molecule has 0 aliphatic heterocycles. The Kier molecular flexibility index (Phi) is 7.10. The van der Waals surface area contributed by atoms with Gasteiger partial charge in [-0.3, -0.25) is 4.79 Å². The van der Waals surface area contributed by atoms with Crippen LogP contribution < -0.4 is 15.8 Å².